The molecule has 0 fully saturated rings. The first kappa shape index (κ1) is 18.1. The Morgan fingerprint density at radius 2 is 2.14 bits per heavy atom. The van der Waals surface area contributed by atoms with Crippen molar-refractivity contribution in [3.8, 4) is 16.6 Å². The minimum Gasteiger partial charge on any atom is -0.436 e. The predicted octanol–water partition coefficient (Wildman–Crippen LogP) is 3.36. The fourth-order valence-corrected chi connectivity index (χ4v) is 4.91. The molecule has 0 N–H and O–H groups in total. The summed E-state index contributed by atoms with van der Waals surface area (Å²) in [6.07, 6.45) is 1.39. The van der Waals surface area contributed by atoms with E-state index in [2.05, 4.69) is 14.9 Å². The number of hydrogen-bond donors (Lipinski definition) is 0. The van der Waals surface area contributed by atoms with E-state index in [9.17, 15) is 18.9 Å². The summed E-state index contributed by atoms with van der Waals surface area (Å²) >= 11 is 1.47. The Hall–Kier alpha value is -2.92. The predicted molar refractivity (Wildman–Crippen MR) is 99.5 cm³/mol. The van der Waals surface area contributed by atoms with Gasteiger partial charge in [-0.05, 0) is 30.0 Å². The minimum atomic E-state index is -0.886. The van der Waals surface area contributed by atoms with E-state index in [4.69, 9.17) is 4.74 Å². The molecule has 0 bridgehead atoms. The molecule has 0 saturated heterocycles. The number of imidazole rings is 1. The standard InChI is InChI=1S/C18H15F2N5O3S/c1-18(9-24-7-15(25(26)27)22-17(24)28-18)8-23-5-13-14(6-23)29-16(21-13)10-2-3-11(19)12(20)4-10/h2-4,7H,5-6,8-9H2,1H3/t18-/m0/s1. The summed E-state index contributed by atoms with van der Waals surface area (Å²) in [5.74, 6) is -1.98. The summed E-state index contributed by atoms with van der Waals surface area (Å²) in [7, 11) is 0. The summed E-state index contributed by atoms with van der Waals surface area (Å²) in [6, 6.07) is 4.05. The van der Waals surface area contributed by atoms with Crippen molar-refractivity contribution in [2.45, 2.75) is 32.2 Å². The highest BCUT2D eigenvalue weighted by atomic mass is 32.1. The van der Waals surface area contributed by atoms with Crippen molar-refractivity contribution in [2.75, 3.05) is 6.54 Å². The van der Waals surface area contributed by atoms with Crippen LogP contribution < -0.4 is 4.74 Å². The Labute approximate surface area is 167 Å². The fourth-order valence-electron chi connectivity index (χ4n) is 3.80. The van der Waals surface area contributed by atoms with Gasteiger partial charge in [0.25, 0.3) is 0 Å². The Bertz CT molecular complexity index is 1100. The SMILES string of the molecule is C[C@]1(CN2Cc3nc(-c4ccc(F)c(F)c4)sc3C2)Cn2cc([N+](=O)[O-])nc2O1. The average Bonchev–Trinajstić information content (AvgIpc) is 3.35. The number of aromatic nitrogens is 3. The second kappa shape index (κ2) is 6.29. The molecule has 0 aliphatic carbocycles. The van der Waals surface area contributed by atoms with E-state index in [1.165, 1.54) is 23.6 Å². The number of thiazole rings is 1. The molecule has 2 aromatic heterocycles. The summed E-state index contributed by atoms with van der Waals surface area (Å²) in [5.41, 5.74) is 0.937. The van der Waals surface area contributed by atoms with Crippen LogP contribution in [0.25, 0.3) is 10.6 Å². The lowest BCUT2D eigenvalue weighted by molar-refractivity contribution is -0.389. The van der Waals surface area contributed by atoms with E-state index in [0.29, 0.717) is 36.8 Å². The smallest absolute Gasteiger partial charge is 0.415 e. The molecule has 0 saturated carbocycles. The number of fused-ring (bicyclic) bond motifs is 2. The third-order valence-corrected chi connectivity index (χ3v) is 6.13. The first-order valence-corrected chi connectivity index (χ1v) is 9.68. The monoisotopic (exact) mass is 419 g/mol. The Morgan fingerprint density at radius 1 is 1.31 bits per heavy atom. The van der Waals surface area contributed by atoms with Gasteiger partial charge in [0, 0.05) is 35.1 Å². The molecule has 11 heteroatoms. The molecular formula is C18H15F2N5O3S. The number of rotatable bonds is 4. The fraction of sp³-hybridized carbons (Fsp3) is 0.333. The van der Waals surface area contributed by atoms with Gasteiger partial charge in [0.1, 0.15) is 16.8 Å². The highest BCUT2D eigenvalue weighted by Crippen LogP contribution is 2.37. The molecular weight excluding hydrogens is 404 g/mol. The van der Waals surface area contributed by atoms with E-state index < -0.39 is 22.2 Å². The highest BCUT2D eigenvalue weighted by molar-refractivity contribution is 7.15. The van der Waals surface area contributed by atoms with E-state index in [1.54, 1.807) is 4.57 Å². The largest absolute Gasteiger partial charge is 0.436 e. The van der Waals surface area contributed by atoms with Crippen LogP contribution in [0.15, 0.2) is 24.4 Å². The molecule has 5 rings (SSSR count). The molecule has 2 aliphatic rings. The molecule has 0 unspecified atom stereocenters. The maximum absolute atomic E-state index is 13.5. The van der Waals surface area contributed by atoms with Crippen LogP contribution in [0.5, 0.6) is 6.01 Å². The topological polar surface area (TPSA) is 86.3 Å². The molecule has 29 heavy (non-hydrogen) atoms. The van der Waals surface area contributed by atoms with Crippen LogP contribution in [0, 0.1) is 21.7 Å². The van der Waals surface area contributed by atoms with Gasteiger partial charge in [-0.1, -0.05) is 0 Å². The lowest BCUT2D eigenvalue weighted by atomic mass is 10.1. The van der Waals surface area contributed by atoms with E-state index in [0.717, 1.165) is 22.7 Å². The summed E-state index contributed by atoms with van der Waals surface area (Å²) in [4.78, 5) is 22.1. The number of nitrogens with zero attached hydrogens (tertiary/aromatic N) is 5. The molecule has 1 atom stereocenters. The lowest BCUT2D eigenvalue weighted by Gasteiger charge is -2.27. The van der Waals surface area contributed by atoms with Crippen molar-refractivity contribution >= 4 is 17.2 Å². The molecule has 8 nitrogen and oxygen atoms in total. The van der Waals surface area contributed by atoms with Crippen LogP contribution in [-0.2, 0) is 19.6 Å². The quantitative estimate of drug-likeness (QED) is 0.476. The lowest BCUT2D eigenvalue weighted by Crippen LogP contribution is -2.43. The van der Waals surface area contributed by atoms with Crippen LogP contribution in [-0.4, -0.2) is 36.5 Å². The zero-order valence-corrected chi connectivity index (χ0v) is 16.1. The van der Waals surface area contributed by atoms with Gasteiger partial charge in [0.15, 0.2) is 11.6 Å². The van der Waals surface area contributed by atoms with Gasteiger partial charge >= 0.3 is 11.8 Å². The molecule has 0 amide bonds. The van der Waals surface area contributed by atoms with Gasteiger partial charge in [-0.2, -0.15) is 0 Å². The van der Waals surface area contributed by atoms with Crippen LogP contribution in [0.2, 0.25) is 0 Å². The molecule has 3 aromatic rings. The highest BCUT2D eigenvalue weighted by Gasteiger charge is 2.42. The van der Waals surface area contributed by atoms with Gasteiger partial charge in [-0.15, -0.1) is 11.3 Å². The number of nitro groups is 1. The number of ether oxygens (including phenoxy) is 1. The van der Waals surface area contributed by atoms with Gasteiger partial charge in [-0.25, -0.2) is 13.8 Å². The van der Waals surface area contributed by atoms with Crippen molar-refractivity contribution in [1.82, 2.24) is 19.4 Å². The van der Waals surface area contributed by atoms with Crippen LogP contribution in [0.4, 0.5) is 14.6 Å². The van der Waals surface area contributed by atoms with Gasteiger partial charge in [-0.3, -0.25) is 9.47 Å². The Morgan fingerprint density at radius 3 is 2.83 bits per heavy atom. The Kier molecular flexibility index (Phi) is 3.93. The first-order valence-electron chi connectivity index (χ1n) is 8.87. The van der Waals surface area contributed by atoms with Crippen molar-refractivity contribution in [1.29, 1.82) is 0 Å². The number of hydrogen-bond acceptors (Lipinski definition) is 7. The maximum atomic E-state index is 13.5. The van der Waals surface area contributed by atoms with E-state index in [-0.39, 0.29) is 11.8 Å². The summed E-state index contributed by atoms with van der Waals surface area (Å²) in [6.45, 7) is 4.32. The Balaban J connectivity index is 1.27. The van der Waals surface area contributed by atoms with Crippen LogP contribution in [0.1, 0.15) is 17.5 Å². The van der Waals surface area contributed by atoms with Crippen LogP contribution in [0.3, 0.4) is 0 Å². The summed E-state index contributed by atoms with van der Waals surface area (Å²) < 4.78 is 34.2. The van der Waals surface area contributed by atoms with Crippen molar-refractivity contribution in [3.05, 3.63) is 56.7 Å². The molecule has 0 spiro atoms. The molecule has 2 aliphatic heterocycles. The van der Waals surface area contributed by atoms with Crippen molar-refractivity contribution < 1.29 is 18.4 Å². The van der Waals surface area contributed by atoms with E-state index in [1.807, 2.05) is 6.92 Å². The third kappa shape index (κ3) is 3.15. The molecule has 4 heterocycles. The van der Waals surface area contributed by atoms with Crippen molar-refractivity contribution in [3.63, 3.8) is 0 Å². The normalized spacial score (nSPS) is 20.5. The molecule has 1 aromatic carbocycles. The number of benzene rings is 1. The van der Waals surface area contributed by atoms with Gasteiger partial charge < -0.3 is 14.9 Å². The third-order valence-electron chi connectivity index (χ3n) is 5.00. The number of halogens is 2. The molecule has 150 valence electrons. The second-order valence-corrected chi connectivity index (χ2v) is 8.57. The van der Waals surface area contributed by atoms with Crippen molar-refractivity contribution in [2.24, 2.45) is 0 Å². The first-order chi connectivity index (χ1) is 13.8. The molecule has 0 radical (unpaired) electrons. The van der Waals surface area contributed by atoms with Crippen LogP contribution >= 0.6 is 11.3 Å². The second-order valence-electron chi connectivity index (χ2n) is 7.48. The maximum Gasteiger partial charge on any atom is 0.415 e. The van der Waals surface area contributed by atoms with Gasteiger partial charge in [0.05, 0.1) is 12.2 Å². The zero-order chi connectivity index (χ0) is 20.3. The summed E-state index contributed by atoms with van der Waals surface area (Å²) in [5, 5.41) is 11.5. The zero-order valence-electron chi connectivity index (χ0n) is 15.3. The minimum absolute atomic E-state index is 0.223. The van der Waals surface area contributed by atoms with Gasteiger partial charge in [0.2, 0.25) is 0 Å². The van der Waals surface area contributed by atoms with E-state index >= 15 is 0 Å². The average molecular weight is 419 g/mol.